The fourth-order valence-corrected chi connectivity index (χ4v) is 3.03. The van der Waals surface area contributed by atoms with Crippen molar-refractivity contribution >= 4 is 9.84 Å². The van der Waals surface area contributed by atoms with E-state index in [9.17, 15) is 13.2 Å². The molecule has 0 amide bonds. The Labute approximate surface area is 101 Å². The molecule has 0 saturated carbocycles. The second-order valence-corrected chi connectivity index (χ2v) is 6.64. The van der Waals surface area contributed by atoms with Crippen LogP contribution >= 0.6 is 0 Å². The molecule has 0 fully saturated rings. The minimum Gasteiger partial charge on any atom is -0.325 e. The lowest BCUT2D eigenvalue weighted by Gasteiger charge is -2.14. The standard InChI is InChI=1S/C12H17NO3S/c1-17(15,16)11-8-9-6-4-2-3-5-7-10(9)13-12(11)14/h8H,2-7H2,1H3,(H,13,14). The van der Waals surface area contributed by atoms with Crippen molar-refractivity contribution in [1.29, 1.82) is 0 Å². The largest absolute Gasteiger partial charge is 0.325 e. The van der Waals surface area contributed by atoms with Crippen molar-refractivity contribution in [2.45, 2.75) is 43.4 Å². The summed E-state index contributed by atoms with van der Waals surface area (Å²) in [6, 6.07) is 1.56. The number of hydrogen-bond acceptors (Lipinski definition) is 3. The molecule has 2 rings (SSSR count). The van der Waals surface area contributed by atoms with Crippen molar-refractivity contribution in [2.75, 3.05) is 6.26 Å². The third-order valence-corrected chi connectivity index (χ3v) is 4.31. The minimum atomic E-state index is -3.43. The smallest absolute Gasteiger partial charge is 0.266 e. The lowest BCUT2D eigenvalue weighted by molar-refractivity contribution is 0.594. The van der Waals surface area contributed by atoms with Crippen molar-refractivity contribution in [3.63, 3.8) is 0 Å². The van der Waals surface area contributed by atoms with Crippen LogP contribution in [-0.4, -0.2) is 19.7 Å². The number of H-pyrrole nitrogens is 1. The van der Waals surface area contributed by atoms with Crippen molar-refractivity contribution in [1.82, 2.24) is 4.98 Å². The van der Waals surface area contributed by atoms with Gasteiger partial charge in [-0.25, -0.2) is 8.42 Å². The number of pyridine rings is 1. The molecule has 1 aliphatic carbocycles. The molecule has 0 bridgehead atoms. The Bertz CT molecular complexity index is 572. The van der Waals surface area contributed by atoms with Crippen LogP contribution in [0.1, 0.15) is 36.9 Å². The molecule has 17 heavy (non-hydrogen) atoms. The summed E-state index contributed by atoms with van der Waals surface area (Å²) in [6.07, 6.45) is 7.24. The highest BCUT2D eigenvalue weighted by molar-refractivity contribution is 7.90. The molecule has 5 heteroatoms. The van der Waals surface area contributed by atoms with E-state index in [1.165, 1.54) is 12.8 Å². The van der Waals surface area contributed by atoms with Gasteiger partial charge in [-0.1, -0.05) is 12.8 Å². The Balaban J connectivity index is 2.54. The maximum atomic E-state index is 11.7. The van der Waals surface area contributed by atoms with E-state index >= 15 is 0 Å². The van der Waals surface area contributed by atoms with Crippen LogP contribution in [0.5, 0.6) is 0 Å². The average Bonchev–Trinajstić information content (AvgIpc) is 2.18. The zero-order valence-corrected chi connectivity index (χ0v) is 10.8. The van der Waals surface area contributed by atoms with E-state index < -0.39 is 15.4 Å². The van der Waals surface area contributed by atoms with Crippen molar-refractivity contribution in [3.8, 4) is 0 Å². The predicted octanol–water partition coefficient (Wildman–Crippen LogP) is 1.44. The molecule has 1 aromatic rings. The fraction of sp³-hybridized carbons (Fsp3) is 0.583. The van der Waals surface area contributed by atoms with Gasteiger partial charge in [-0.15, -0.1) is 0 Å². The molecular formula is C12H17NO3S. The topological polar surface area (TPSA) is 67.0 Å². The fourth-order valence-electron chi connectivity index (χ4n) is 2.28. The van der Waals surface area contributed by atoms with Crippen molar-refractivity contribution < 1.29 is 8.42 Å². The Kier molecular flexibility index (Phi) is 3.38. The van der Waals surface area contributed by atoms with Gasteiger partial charge < -0.3 is 4.98 Å². The first-order valence-corrected chi connectivity index (χ1v) is 7.83. The van der Waals surface area contributed by atoms with Gasteiger partial charge in [-0.2, -0.15) is 0 Å². The maximum Gasteiger partial charge on any atom is 0.266 e. The Morgan fingerprint density at radius 1 is 1.12 bits per heavy atom. The molecule has 0 saturated heterocycles. The van der Waals surface area contributed by atoms with Crippen LogP contribution in [-0.2, 0) is 22.7 Å². The highest BCUT2D eigenvalue weighted by atomic mass is 32.2. The van der Waals surface area contributed by atoms with Crippen molar-refractivity contribution in [3.05, 3.63) is 27.7 Å². The molecule has 0 aromatic carbocycles. The summed E-state index contributed by atoms with van der Waals surface area (Å²) in [7, 11) is -3.43. The second kappa shape index (κ2) is 4.64. The number of fused-ring (bicyclic) bond motifs is 1. The van der Waals surface area contributed by atoms with Gasteiger partial charge in [0.2, 0.25) is 0 Å². The summed E-state index contributed by atoms with van der Waals surface area (Å²) in [5.41, 5.74) is 1.43. The highest BCUT2D eigenvalue weighted by Gasteiger charge is 2.16. The van der Waals surface area contributed by atoms with Crippen LogP contribution < -0.4 is 5.56 Å². The van der Waals surface area contributed by atoms with Gasteiger partial charge in [0.1, 0.15) is 4.90 Å². The van der Waals surface area contributed by atoms with Gasteiger partial charge in [0.15, 0.2) is 9.84 Å². The molecule has 0 radical (unpaired) electrons. The van der Waals surface area contributed by atoms with Crippen LogP contribution in [0.15, 0.2) is 15.8 Å². The summed E-state index contributed by atoms with van der Waals surface area (Å²) in [5.74, 6) is 0. The molecule has 0 atom stereocenters. The summed E-state index contributed by atoms with van der Waals surface area (Å²) in [4.78, 5) is 14.3. The van der Waals surface area contributed by atoms with Crippen molar-refractivity contribution in [2.24, 2.45) is 0 Å². The van der Waals surface area contributed by atoms with Crippen LogP contribution in [0.3, 0.4) is 0 Å². The first-order chi connectivity index (χ1) is 7.98. The molecule has 1 heterocycles. The zero-order chi connectivity index (χ0) is 12.5. The highest BCUT2D eigenvalue weighted by Crippen LogP contribution is 2.19. The molecule has 1 aromatic heterocycles. The van der Waals surface area contributed by atoms with Crippen LogP contribution in [0.4, 0.5) is 0 Å². The minimum absolute atomic E-state index is 0.100. The van der Waals surface area contributed by atoms with Gasteiger partial charge in [-0.05, 0) is 37.3 Å². The monoisotopic (exact) mass is 255 g/mol. The second-order valence-electron chi connectivity index (χ2n) is 4.65. The van der Waals surface area contributed by atoms with E-state index in [1.807, 2.05) is 0 Å². The Morgan fingerprint density at radius 3 is 2.41 bits per heavy atom. The molecule has 94 valence electrons. The molecular weight excluding hydrogens is 238 g/mol. The Hall–Kier alpha value is -1.10. The number of aromatic nitrogens is 1. The third-order valence-electron chi connectivity index (χ3n) is 3.20. The first kappa shape index (κ1) is 12.4. The summed E-state index contributed by atoms with van der Waals surface area (Å²) in [5, 5.41) is 0. The van der Waals surface area contributed by atoms with Crippen LogP contribution in [0.2, 0.25) is 0 Å². The summed E-state index contributed by atoms with van der Waals surface area (Å²) >= 11 is 0. The maximum absolute atomic E-state index is 11.7. The van der Waals surface area contributed by atoms with Gasteiger partial charge in [0.25, 0.3) is 5.56 Å². The average molecular weight is 255 g/mol. The number of aromatic amines is 1. The van der Waals surface area contributed by atoms with Gasteiger partial charge in [0, 0.05) is 11.9 Å². The number of rotatable bonds is 1. The van der Waals surface area contributed by atoms with E-state index in [4.69, 9.17) is 0 Å². The van der Waals surface area contributed by atoms with E-state index in [0.29, 0.717) is 0 Å². The van der Waals surface area contributed by atoms with Gasteiger partial charge in [-0.3, -0.25) is 4.79 Å². The molecule has 0 unspecified atom stereocenters. The van der Waals surface area contributed by atoms with E-state index in [1.54, 1.807) is 6.07 Å². The normalized spacial score (nSPS) is 17.0. The molecule has 1 aliphatic rings. The molecule has 0 aliphatic heterocycles. The number of aryl methyl sites for hydroxylation is 2. The first-order valence-electron chi connectivity index (χ1n) is 5.93. The zero-order valence-electron chi connectivity index (χ0n) is 9.95. The molecule has 1 N–H and O–H groups in total. The number of hydrogen-bond donors (Lipinski definition) is 1. The number of nitrogens with one attached hydrogen (secondary N) is 1. The van der Waals surface area contributed by atoms with Crippen LogP contribution in [0, 0.1) is 0 Å². The SMILES string of the molecule is CS(=O)(=O)c1cc2c([nH]c1=O)CCCCCC2. The third kappa shape index (κ3) is 2.77. The lowest BCUT2D eigenvalue weighted by atomic mass is 9.97. The molecule has 0 spiro atoms. The van der Waals surface area contributed by atoms with Gasteiger partial charge in [0.05, 0.1) is 0 Å². The molecule has 4 nitrogen and oxygen atoms in total. The van der Waals surface area contributed by atoms with E-state index in [2.05, 4.69) is 4.98 Å². The lowest BCUT2D eigenvalue weighted by Crippen LogP contribution is -2.20. The predicted molar refractivity (Wildman–Crippen MR) is 66.0 cm³/mol. The van der Waals surface area contributed by atoms with E-state index in [0.717, 1.165) is 43.2 Å². The summed E-state index contributed by atoms with van der Waals surface area (Å²) < 4.78 is 22.9. The quantitative estimate of drug-likeness (QED) is 0.825. The van der Waals surface area contributed by atoms with Gasteiger partial charge >= 0.3 is 0 Å². The number of sulfone groups is 1. The van der Waals surface area contributed by atoms with Crippen LogP contribution in [0.25, 0.3) is 0 Å². The summed E-state index contributed by atoms with van der Waals surface area (Å²) in [6.45, 7) is 0. The van der Waals surface area contributed by atoms with E-state index in [-0.39, 0.29) is 4.90 Å². The Morgan fingerprint density at radius 2 is 1.76 bits per heavy atom.